The van der Waals surface area contributed by atoms with Crippen molar-refractivity contribution < 1.29 is 32.7 Å². The van der Waals surface area contributed by atoms with Gasteiger partial charge in [0.1, 0.15) is 11.3 Å². The Hall–Kier alpha value is -5.00. The van der Waals surface area contributed by atoms with Crippen LogP contribution in [0, 0.1) is 25.8 Å². The van der Waals surface area contributed by atoms with Gasteiger partial charge in [-0.2, -0.15) is 0 Å². The summed E-state index contributed by atoms with van der Waals surface area (Å²) in [6.07, 6.45) is 3.83. The Balaban J connectivity index is 0.000000222. The largest absolute Gasteiger partial charge is 0.498 e. The molecule has 0 amide bonds. The van der Waals surface area contributed by atoms with Crippen molar-refractivity contribution >= 4 is 35.2 Å². The Morgan fingerprint density at radius 1 is 0.655 bits per heavy atom. The number of pyridine rings is 3. The van der Waals surface area contributed by atoms with Crippen LogP contribution >= 0.6 is 0 Å². The van der Waals surface area contributed by atoms with Crippen LogP contribution in [0.2, 0.25) is 19.6 Å². The molecule has 0 aliphatic carbocycles. The van der Waals surface area contributed by atoms with E-state index in [1.165, 1.54) is 10.8 Å². The van der Waals surface area contributed by atoms with E-state index < -0.39 is 21.8 Å². The first kappa shape index (κ1) is 35.0. The van der Waals surface area contributed by atoms with Crippen molar-refractivity contribution in [3.8, 4) is 44.9 Å². The third-order valence-corrected chi connectivity index (χ3v) is 12.3. The molecule has 0 fully saturated rings. The average Bonchev–Trinajstić information content (AvgIpc) is 3.61. The molecule has 297 valence electrons. The molecule has 4 nitrogen and oxygen atoms in total. The normalized spacial score (nSPS) is 13.9. The molecule has 4 heterocycles. The molecular weight excluding hydrogens is 903 g/mol. The van der Waals surface area contributed by atoms with E-state index in [2.05, 4.69) is 108 Å². The SMILES string of the molecule is [2H]C([2H])([2H])c1c[c-]c(-c2ccc([Si](C)(C)C)cn2)cc1-c1ccccc1.[2H]C([2H])([2H])c1cc2c(oc3c(-c4ccc(C(C)(C)C)cn4)[c-]ccc32)c(-c2ccc(C(C)(C)C)cc2)n1.[Ir]. The van der Waals surface area contributed by atoms with Crippen molar-refractivity contribution in [1.82, 2.24) is 15.0 Å². The number of furan rings is 1. The van der Waals surface area contributed by atoms with E-state index in [0.29, 0.717) is 33.4 Å². The van der Waals surface area contributed by atoms with Crippen LogP contribution < -0.4 is 5.19 Å². The molecule has 1 radical (unpaired) electrons. The van der Waals surface area contributed by atoms with E-state index in [-0.39, 0.29) is 36.6 Å². The topological polar surface area (TPSA) is 51.8 Å². The smallest absolute Gasteiger partial charge is 0.147 e. The van der Waals surface area contributed by atoms with E-state index in [0.717, 1.165) is 44.6 Å². The first-order valence-electron chi connectivity index (χ1n) is 22.3. The van der Waals surface area contributed by atoms with Gasteiger partial charge in [-0.15, -0.1) is 47.5 Å². The van der Waals surface area contributed by atoms with Gasteiger partial charge < -0.3 is 14.4 Å². The third kappa shape index (κ3) is 9.16. The predicted octanol–water partition coefficient (Wildman–Crippen LogP) is 13.5. The second kappa shape index (κ2) is 16.7. The second-order valence-electron chi connectivity index (χ2n) is 17.7. The molecule has 0 unspecified atom stereocenters. The summed E-state index contributed by atoms with van der Waals surface area (Å²) in [4.78, 5) is 13.9. The Morgan fingerprint density at radius 3 is 1.95 bits per heavy atom. The molecule has 0 saturated heterocycles. The van der Waals surface area contributed by atoms with Crippen LogP contribution in [0.3, 0.4) is 0 Å². The molecule has 4 aromatic carbocycles. The van der Waals surface area contributed by atoms with Crippen LogP contribution in [0.4, 0.5) is 0 Å². The molecule has 8 aromatic rings. The van der Waals surface area contributed by atoms with Crippen molar-refractivity contribution in [3.63, 3.8) is 0 Å². The molecule has 0 aliphatic rings. The zero-order valence-electron chi connectivity index (χ0n) is 40.6. The van der Waals surface area contributed by atoms with E-state index >= 15 is 0 Å². The van der Waals surface area contributed by atoms with Gasteiger partial charge in [0, 0.05) is 57.4 Å². The molecule has 0 spiro atoms. The fourth-order valence-corrected chi connectivity index (χ4v) is 7.77. The Bertz CT molecular complexity index is 2890. The molecule has 0 aliphatic heterocycles. The maximum Gasteiger partial charge on any atom is 0.147 e. The minimum atomic E-state index is -2.36. The van der Waals surface area contributed by atoms with Gasteiger partial charge in [-0.3, -0.25) is 0 Å². The number of fused-ring (bicyclic) bond motifs is 3. The quantitative estimate of drug-likeness (QED) is 0.127. The Kier molecular flexibility index (Phi) is 10.1. The van der Waals surface area contributed by atoms with E-state index in [4.69, 9.17) is 17.6 Å². The molecule has 8 rings (SSSR count). The summed E-state index contributed by atoms with van der Waals surface area (Å²) in [5, 5.41) is 2.82. The van der Waals surface area contributed by atoms with Gasteiger partial charge in [-0.25, -0.2) is 4.98 Å². The molecule has 0 N–H and O–H groups in total. The first-order chi connectivity index (χ1) is 29.4. The van der Waals surface area contributed by atoms with Gasteiger partial charge in [-0.1, -0.05) is 163 Å². The second-order valence-corrected chi connectivity index (χ2v) is 22.7. The standard InChI is InChI=1S/C31H31N2O.C21H22NSi.Ir/c1-19-17-25-23-9-8-10-24(26-16-15-22(18-32-26)31(5,6)7)28(23)34-29(25)27(33-19)20-11-13-21(14-12-20)30(2,3)4;1-16-10-11-18(14-20(16)17-8-6-5-7-9-17)21-13-12-19(15-22-21)23(2,3)4;/h8-9,11-18H,1-7H3;5-10,12-15H,1-4H3;/q2*-1;/i2*1D3;. The van der Waals surface area contributed by atoms with Gasteiger partial charge in [0.05, 0.1) is 13.7 Å². The summed E-state index contributed by atoms with van der Waals surface area (Å²) in [5.41, 5.74) is 9.85. The molecular formula is C52H53IrN3OSi-2. The molecule has 4 aromatic heterocycles. The number of aryl methyl sites for hydroxylation is 2. The first-order valence-corrected chi connectivity index (χ1v) is 22.8. The Morgan fingerprint density at radius 2 is 1.34 bits per heavy atom. The van der Waals surface area contributed by atoms with Crippen molar-refractivity contribution in [2.75, 3.05) is 0 Å². The zero-order valence-corrected chi connectivity index (χ0v) is 38.0. The summed E-state index contributed by atoms with van der Waals surface area (Å²) in [7, 11) is -1.40. The fourth-order valence-electron chi connectivity index (χ4n) is 6.73. The monoisotopic (exact) mass is 962 g/mol. The minimum Gasteiger partial charge on any atom is -0.498 e. The maximum atomic E-state index is 8.06. The predicted molar refractivity (Wildman–Crippen MR) is 243 cm³/mol. The van der Waals surface area contributed by atoms with Crippen LogP contribution in [-0.2, 0) is 30.9 Å². The summed E-state index contributed by atoms with van der Waals surface area (Å²) in [5.74, 6) is 0. The summed E-state index contributed by atoms with van der Waals surface area (Å²) < 4.78 is 54.1. The van der Waals surface area contributed by atoms with Crippen molar-refractivity contribution in [1.29, 1.82) is 0 Å². The molecule has 0 atom stereocenters. The number of benzene rings is 4. The van der Waals surface area contributed by atoms with E-state index in [1.807, 2.05) is 85.2 Å². The number of aromatic nitrogens is 3. The van der Waals surface area contributed by atoms with Gasteiger partial charge >= 0.3 is 0 Å². The molecule has 58 heavy (non-hydrogen) atoms. The number of hydrogen-bond acceptors (Lipinski definition) is 4. The van der Waals surface area contributed by atoms with Crippen LogP contribution in [0.5, 0.6) is 0 Å². The van der Waals surface area contributed by atoms with Gasteiger partial charge in [0.2, 0.25) is 0 Å². The Labute approximate surface area is 368 Å². The molecule has 0 saturated carbocycles. The summed E-state index contributed by atoms with van der Waals surface area (Å²) >= 11 is 0. The van der Waals surface area contributed by atoms with Crippen LogP contribution in [0.25, 0.3) is 66.8 Å². The number of hydrogen-bond donors (Lipinski definition) is 0. The van der Waals surface area contributed by atoms with Crippen LogP contribution in [0.1, 0.15) is 72.2 Å². The zero-order chi connectivity index (χ0) is 45.7. The van der Waals surface area contributed by atoms with E-state index in [1.54, 1.807) is 12.1 Å². The van der Waals surface area contributed by atoms with Gasteiger partial charge in [-0.05, 0) is 57.0 Å². The molecule has 0 bridgehead atoms. The maximum absolute atomic E-state index is 8.06. The molecule has 6 heteroatoms. The summed E-state index contributed by atoms with van der Waals surface area (Å²) in [6, 6.07) is 41.1. The summed E-state index contributed by atoms with van der Waals surface area (Å²) in [6.45, 7) is 15.3. The van der Waals surface area contributed by atoms with Crippen molar-refractivity contribution in [2.45, 2.75) is 85.7 Å². The van der Waals surface area contributed by atoms with Crippen molar-refractivity contribution in [3.05, 3.63) is 156 Å². The average molecular weight is 962 g/mol. The van der Waals surface area contributed by atoms with Gasteiger partial charge in [0.15, 0.2) is 0 Å². The van der Waals surface area contributed by atoms with Crippen molar-refractivity contribution in [2.24, 2.45) is 0 Å². The van der Waals surface area contributed by atoms with Crippen LogP contribution in [-0.4, -0.2) is 23.0 Å². The van der Waals surface area contributed by atoms with E-state index in [9.17, 15) is 0 Å². The van der Waals surface area contributed by atoms with Gasteiger partial charge in [0.25, 0.3) is 0 Å². The van der Waals surface area contributed by atoms with Crippen LogP contribution in [0.15, 0.2) is 126 Å². The third-order valence-electron chi connectivity index (χ3n) is 10.3. The number of nitrogens with zero attached hydrogens (tertiary/aromatic N) is 3. The number of rotatable bonds is 5. The fraction of sp³-hybridized carbons (Fsp3) is 0.250. The minimum absolute atomic E-state index is 0.